The Kier molecular flexibility index (Phi) is 2.87. The average Bonchev–Trinajstić information content (AvgIpc) is 1.91. The van der Waals surface area contributed by atoms with Crippen molar-refractivity contribution in [3.8, 4) is 0 Å². The predicted molar refractivity (Wildman–Crippen MR) is 41.4 cm³/mol. The molecular formula is C6H6ClNS. The van der Waals surface area contributed by atoms with E-state index in [1.807, 2.05) is 18.2 Å². The van der Waals surface area contributed by atoms with Crippen molar-refractivity contribution in [2.45, 2.75) is 5.75 Å². The van der Waals surface area contributed by atoms with Gasteiger partial charge in [0.2, 0.25) is 0 Å². The summed E-state index contributed by atoms with van der Waals surface area (Å²) in [7, 11) is 6.68. The van der Waals surface area contributed by atoms with Gasteiger partial charge in [-0.05, 0) is 33.8 Å². The normalized spacial score (nSPS) is 9.44. The molecule has 0 amide bonds. The third-order valence-corrected chi connectivity index (χ3v) is 1.66. The molecule has 1 rings (SSSR count). The molecule has 48 valence electrons. The summed E-state index contributed by atoms with van der Waals surface area (Å²) < 4.78 is 0. The SMILES string of the molecule is ClSCc1ccccn1. The Bertz CT molecular complexity index is 166. The minimum atomic E-state index is 0.780. The standard InChI is InChI=1S/C6H6ClNS/c7-9-5-6-3-1-2-4-8-6/h1-4H,5H2. The fraction of sp³-hybridized carbons (Fsp3) is 0.167. The van der Waals surface area contributed by atoms with Gasteiger partial charge in [-0.2, -0.15) is 0 Å². The third-order valence-electron chi connectivity index (χ3n) is 0.929. The van der Waals surface area contributed by atoms with Gasteiger partial charge in [0.15, 0.2) is 0 Å². The first-order valence-corrected chi connectivity index (χ1v) is 4.38. The van der Waals surface area contributed by atoms with Crippen molar-refractivity contribution in [3.05, 3.63) is 30.1 Å². The molecule has 1 nitrogen and oxygen atoms in total. The second-order valence-corrected chi connectivity index (χ2v) is 2.74. The quantitative estimate of drug-likeness (QED) is 0.658. The zero-order chi connectivity index (χ0) is 6.53. The van der Waals surface area contributed by atoms with Gasteiger partial charge in [-0.1, -0.05) is 6.07 Å². The van der Waals surface area contributed by atoms with Crippen LogP contribution in [-0.4, -0.2) is 4.98 Å². The largest absolute Gasteiger partial charge is 0.260 e. The molecule has 0 aliphatic rings. The molecule has 0 aliphatic carbocycles. The van der Waals surface area contributed by atoms with Gasteiger partial charge >= 0.3 is 0 Å². The van der Waals surface area contributed by atoms with Crippen molar-refractivity contribution in [1.82, 2.24) is 4.98 Å². The van der Waals surface area contributed by atoms with E-state index in [0.29, 0.717) is 0 Å². The van der Waals surface area contributed by atoms with Crippen LogP contribution in [0.25, 0.3) is 0 Å². The van der Waals surface area contributed by atoms with Crippen LogP contribution in [0.4, 0.5) is 0 Å². The zero-order valence-electron chi connectivity index (χ0n) is 4.75. The Morgan fingerprint density at radius 1 is 1.56 bits per heavy atom. The predicted octanol–water partition coefficient (Wildman–Crippen LogP) is 2.47. The molecule has 1 aromatic heterocycles. The van der Waals surface area contributed by atoms with Crippen molar-refractivity contribution in [2.24, 2.45) is 0 Å². The lowest BCUT2D eigenvalue weighted by molar-refractivity contribution is 1.18. The number of nitrogens with zero attached hydrogens (tertiary/aromatic N) is 1. The summed E-state index contributed by atoms with van der Waals surface area (Å²) in [5.41, 5.74) is 1.03. The Balaban J connectivity index is 2.61. The average molecular weight is 160 g/mol. The Hall–Kier alpha value is -0.210. The highest BCUT2D eigenvalue weighted by atomic mass is 35.7. The highest BCUT2D eigenvalue weighted by molar-refractivity contribution is 8.20. The van der Waals surface area contributed by atoms with Gasteiger partial charge in [-0.25, -0.2) is 0 Å². The van der Waals surface area contributed by atoms with E-state index < -0.39 is 0 Å². The molecule has 0 radical (unpaired) electrons. The Labute approximate surface area is 62.9 Å². The second-order valence-electron chi connectivity index (χ2n) is 1.57. The first-order chi connectivity index (χ1) is 4.43. The number of rotatable bonds is 2. The molecule has 3 heteroatoms. The fourth-order valence-corrected chi connectivity index (χ4v) is 1.16. The van der Waals surface area contributed by atoms with Crippen LogP contribution in [0.1, 0.15) is 5.69 Å². The minimum absolute atomic E-state index is 0.780. The first-order valence-electron chi connectivity index (χ1n) is 2.57. The third kappa shape index (κ3) is 2.24. The molecular weight excluding hydrogens is 154 g/mol. The lowest BCUT2D eigenvalue weighted by Crippen LogP contribution is -1.80. The van der Waals surface area contributed by atoms with E-state index in [1.54, 1.807) is 6.20 Å². The molecule has 1 heterocycles. The van der Waals surface area contributed by atoms with E-state index in [9.17, 15) is 0 Å². The number of aromatic nitrogens is 1. The van der Waals surface area contributed by atoms with Gasteiger partial charge in [0.25, 0.3) is 0 Å². The molecule has 0 saturated heterocycles. The van der Waals surface area contributed by atoms with E-state index in [0.717, 1.165) is 11.4 Å². The fourth-order valence-electron chi connectivity index (χ4n) is 0.539. The van der Waals surface area contributed by atoms with Crippen LogP contribution in [0.15, 0.2) is 24.4 Å². The van der Waals surface area contributed by atoms with Crippen molar-refractivity contribution < 1.29 is 0 Å². The zero-order valence-corrected chi connectivity index (χ0v) is 6.32. The van der Waals surface area contributed by atoms with E-state index in [1.165, 1.54) is 11.0 Å². The van der Waals surface area contributed by atoms with Gasteiger partial charge < -0.3 is 0 Å². The highest BCUT2D eigenvalue weighted by Crippen LogP contribution is 2.12. The van der Waals surface area contributed by atoms with Crippen LogP contribution in [0, 0.1) is 0 Å². The lowest BCUT2D eigenvalue weighted by Gasteiger charge is -1.91. The summed E-state index contributed by atoms with van der Waals surface area (Å²) in [6, 6.07) is 5.80. The maximum absolute atomic E-state index is 5.41. The summed E-state index contributed by atoms with van der Waals surface area (Å²) in [5, 5.41) is 0. The van der Waals surface area contributed by atoms with Gasteiger partial charge in [0, 0.05) is 6.20 Å². The topological polar surface area (TPSA) is 12.9 Å². The summed E-state index contributed by atoms with van der Waals surface area (Å²) in [4.78, 5) is 4.06. The van der Waals surface area contributed by atoms with Gasteiger partial charge in [-0.3, -0.25) is 4.98 Å². The molecule has 0 aliphatic heterocycles. The maximum atomic E-state index is 5.41. The first kappa shape index (κ1) is 6.90. The Morgan fingerprint density at radius 2 is 2.44 bits per heavy atom. The summed E-state index contributed by atoms with van der Waals surface area (Å²) in [6.07, 6.45) is 1.77. The molecule has 0 N–H and O–H groups in total. The van der Waals surface area contributed by atoms with Gasteiger partial charge in [-0.15, -0.1) is 0 Å². The summed E-state index contributed by atoms with van der Waals surface area (Å²) >= 11 is 0. The van der Waals surface area contributed by atoms with Gasteiger partial charge in [0.1, 0.15) is 0 Å². The van der Waals surface area contributed by atoms with Crippen LogP contribution >= 0.6 is 21.7 Å². The number of pyridine rings is 1. The van der Waals surface area contributed by atoms with Gasteiger partial charge in [0.05, 0.1) is 11.4 Å². The summed E-state index contributed by atoms with van der Waals surface area (Å²) in [6.45, 7) is 0. The number of hydrogen-bond acceptors (Lipinski definition) is 2. The monoisotopic (exact) mass is 159 g/mol. The Morgan fingerprint density at radius 3 is 3.00 bits per heavy atom. The van der Waals surface area contributed by atoms with Crippen molar-refractivity contribution >= 4 is 21.7 Å². The molecule has 0 aromatic carbocycles. The van der Waals surface area contributed by atoms with E-state index in [2.05, 4.69) is 4.98 Å². The molecule has 0 saturated carbocycles. The van der Waals surface area contributed by atoms with Crippen LogP contribution < -0.4 is 0 Å². The summed E-state index contributed by atoms with van der Waals surface area (Å²) in [5.74, 6) is 0.780. The van der Waals surface area contributed by atoms with Crippen molar-refractivity contribution in [2.75, 3.05) is 0 Å². The van der Waals surface area contributed by atoms with Crippen molar-refractivity contribution in [1.29, 1.82) is 0 Å². The molecule has 0 unspecified atom stereocenters. The van der Waals surface area contributed by atoms with Crippen LogP contribution in [0.5, 0.6) is 0 Å². The lowest BCUT2D eigenvalue weighted by atomic mass is 10.4. The van der Waals surface area contributed by atoms with Crippen LogP contribution in [0.3, 0.4) is 0 Å². The van der Waals surface area contributed by atoms with E-state index in [-0.39, 0.29) is 0 Å². The molecule has 0 spiro atoms. The highest BCUT2D eigenvalue weighted by Gasteiger charge is 1.88. The van der Waals surface area contributed by atoms with Crippen molar-refractivity contribution in [3.63, 3.8) is 0 Å². The maximum Gasteiger partial charge on any atom is 0.0514 e. The van der Waals surface area contributed by atoms with Crippen LogP contribution in [-0.2, 0) is 5.75 Å². The van der Waals surface area contributed by atoms with E-state index >= 15 is 0 Å². The molecule has 0 bridgehead atoms. The second kappa shape index (κ2) is 3.75. The van der Waals surface area contributed by atoms with E-state index in [4.69, 9.17) is 10.7 Å². The molecule has 0 atom stereocenters. The number of hydrogen-bond donors (Lipinski definition) is 0. The number of halogens is 1. The van der Waals surface area contributed by atoms with Crippen LogP contribution in [0.2, 0.25) is 0 Å². The minimum Gasteiger partial charge on any atom is -0.260 e. The molecule has 9 heavy (non-hydrogen) atoms. The smallest absolute Gasteiger partial charge is 0.0514 e. The molecule has 0 fully saturated rings. The molecule has 1 aromatic rings.